The van der Waals surface area contributed by atoms with Gasteiger partial charge < -0.3 is 9.05 Å². The van der Waals surface area contributed by atoms with Crippen LogP contribution in [-0.4, -0.2) is 43.3 Å². The summed E-state index contributed by atoms with van der Waals surface area (Å²) in [6, 6.07) is 19.6. The molecule has 4 heterocycles. The van der Waals surface area contributed by atoms with E-state index in [1.165, 1.54) is 24.8 Å². The highest BCUT2D eigenvalue weighted by molar-refractivity contribution is 9.10. The summed E-state index contributed by atoms with van der Waals surface area (Å²) in [5.41, 5.74) is 3.98. The van der Waals surface area contributed by atoms with Gasteiger partial charge in [0.15, 0.2) is 0 Å². The second kappa shape index (κ2) is 12.0. The van der Waals surface area contributed by atoms with Crippen molar-refractivity contribution in [1.82, 2.24) is 30.2 Å². The standard InChI is InChI=1S/C15H19N3O.C13H8BrN3O/c1-12-5-7-13(8-6-12)15-16-14(19-17-15)11-18-9-3-2-4-10-18;14-11-5-3-9(4-6-11)13-16-12(17-18-13)10-2-1-7-15-8-10/h5-8H,2-4,9-11H2,1H3;1-8H. The lowest BCUT2D eigenvalue weighted by atomic mass is 10.1. The van der Waals surface area contributed by atoms with E-state index in [1.807, 2.05) is 48.5 Å². The molecule has 1 fully saturated rings. The Labute approximate surface area is 223 Å². The molecule has 9 heteroatoms. The lowest BCUT2D eigenvalue weighted by Gasteiger charge is -2.24. The second-order valence-electron chi connectivity index (χ2n) is 8.89. The molecule has 1 aliphatic heterocycles. The molecule has 5 aromatic rings. The van der Waals surface area contributed by atoms with E-state index < -0.39 is 0 Å². The van der Waals surface area contributed by atoms with E-state index in [0.29, 0.717) is 17.5 Å². The molecule has 6 rings (SSSR count). The summed E-state index contributed by atoms with van der Waals surface area (Å²) in [6.07, 6.45) is 7.31. The molecule has 1 aliphatic rings. The predicted octanol–water partition coefficient (Wildman–Crippen LogP) is 6.59. The molecule has 0 aliphatic carbocycles. The van der Waals surface area contributed by atoms with Gasteiger partial charge in [-0.2, -0.15) is 9.97 Å². The summed E-state index contributed by atoms with van der Waals surface area (Å²) in [7, 11) is 0. The van der Waals surface area contributed by atoms with Crippen molar-refractivity contribution in [2.75, 3.05) is 13.1 Å². The molecule has 0 saturated carbocycles. The molecule has 8 nitrogen and oxygen atoms in total. The number of piperidine rings is 1. The number of aromatic nitrogens is 5. The number of rotatable bonds is 5. The van der Waals surface area contributed by atoms with Gasteiger partial charge in [0.25, 0.3) is 5.89 Å². The summed E-state index contributed by atoms with van der Waals surface area (Å²) in [4.78, 5) is 15.2. The Morgan fingerprint density at radius 1 is 0.784 bits per heavy atom. The third kappa shape index (κ3) is 6.75. The fraction of sp³-hybridized carbons (Fsp3) is 0.250. The van der Waals surface area contributed by atoms with E-state index in [0.717, 1.165) is 46.7 Å². The van der Waals surface area contributed by atoms with Crippen LogP contribution in [-0.2, 0) is 6.54 Å². The zero-order chi connectivity index (χ0) is 25.5. The molecular formula is C28H27BrN6O2. The van der Waals surface area contributed by atoms with Gasteiger partial charge in [0, 0.05) is 33.6 Å². The van der Waals surface area contributed by atoms with Crippen molar-refractivity contribution in [2.45, 2.75) is 32.7 Å². The van der Waals surface area contributed by atoms with E-state index in [4.69, 9.17) is 9.05 Å². The van der Waals surface area contributed by atoms with Crippen molar-refractivity contribution in [3.63, 3.8) is 0 Å². The third-order valence-electron chi connectivity index (χ3n) is 6.02. The Morgan fingerprint density at radius 3 is 2.22 bits per heavy atom. The minimum Gasteiger partial charge on any atom is -0.338 e. The van der Waals surface area contributed by atoms with Gasteiger partial charge in [-0.05, 0) is 69.3 Å². The van der Waals surface area contributed by atoms with E-state index >= 15 is 0 Å². The topological polar surface area (TPSA) is 94.0 Å². The van der Waals surface area contributed by atoms with Crippen LogP contribution in [0.2, 0.25) is 0 Å². The Morgan fingerprint density at radius 2 is 1.49 bits per heavy atom. The highest BCUT2D eigenvalue weighted by Gasteiger charge is 2.15. The zero-order valence-electron chi connectivity index (χ0n) is 20.5. The summed E-state index contributed by atoms with van der Waals surface area (Å²) in [5, 5.41) is 8.02. The summed E-state index contributed by atoms with van der Waals surface area (Å²) >= 11 is 3.39. The quantitative estimate of drug-likeness (QED) is 0.238. The average Bonchev–Trinajstić information content (AvgIpc) is 3.62. The van der Waals surface area contributed by atoms with Gasteiger partial charge in [0.05, 0.1) is 6.54 Å². The highest BCUT2D eigenvalue weighted by Crippen LogP contribution is 2.23. The third-order valence-corrected chi connectivity index (χ3v) is 6.55. The van der Waals surface area contributed by atoms with Crippen molar-refractivity contribution in [2.24, 2.45) is 0 Å². The molecule has 0 amide bonds. The first-order chi connectivity index (χ1) is 18.1. The number of nitrogens with zero attached hydrogens (tertiary/aromatic N) is 6. The lowest BCUT2D eigenvalue weighted by molar-refractivity contribution is 0.193. The summed E-state index contributed by atoms with van der Waals surface area (Å²) in [6.45, 7) is 5.13. The molecular weight excluding hydrogens is 532 g/mol. The van der Waals surface area contributed by atoms with Gasteiger partial charge >= 0.3 is 0 Å². The Balaban J connectivity index is 0.000000152. The summed E-state index contributed by atoms with van der Waals surface area (Å²) < 4.78 is 11.6. The van der Waals surface area contributed by atoms with Gasteiger partial charge in [0.1, 0.15) is 0 Å². The average molecular weight is 559 g/mol. The first-order valence-corrected chi connectivity index (χ1v) is 13.1. The number of halogens is 1. The maximum absolute atomic E-state index is 5.35. The second-order valence-corrected chi connectivity index (χ2v) is 9.80. The van der Waals surface area contributed by atoms with Gasteiger partial charge in [-0.3, -0.25) is 9.88 Å². The van der Waals surface area contributed by atoms with Gasteiger partial charge in [-0.25, -0.2) is 0 Å². The van der Waals surface area contributed by atoms with Crippen LogP contribution in [0.25, 0.3) is 34.2 Å². The fourth-order valence-corrected chi connectivity index (χ4v) is 4.26. The van der Waals surface area contributed by atoms with Crippen LogP contribution in [0.4, 0.5) is 0 Å². The van der Waals surface area contributed by atoms with E-state index in [-0.39, 0.29) is 0 Å². The number of benzene rings is 2. The van der Waals surface area contributed by atoms with Crippen LogP contribution in [0.3, 0.4) is 0 Å². The van der Waals surface area contributed by atoms with Gasteiger partial charge in [-0.15, -0.1) is 0 Å². The maximum atomic E-state index is 5.35. The van der Waals surface area contributed by atoms with Crippen molar-refractivity contribution in [3.8, 4) is 34.2 Å². The maximum Gasteiger partial charge on any atom is 0.258 e. The molecule has 0 atom stereocenters. The van der Waals surface area contributed by atoms with Crippen molar-refractivity contribution in [3.05, 3.63) is 89.0 Å². The number of pyridine rings is 1. The van der Waals surface area contributed by atoms with Crippen molar-refractivity contribution in [1.29, 1.82) is 0 Å². The minimum atomic E-state index is 0.501. The molecule has 1 saturated heterocycles. The molecule has 188 valence electrons. The van der Waals surface area contributed by atoms with Gasteiger partial charge in [0.2, 0.25) is 17.5 Å². The Kier molecular flexibility index (Phi) is 8.12. The first kappa shape index (κ1) is 25.0. The van der Waals surface area contributed by atoms with E-state index in [2.05, 4.69) is 65.2 Å². The van der Waals surface area contributed by atoms with E-state index in [9.17, 15) is 0 Å². The largest absolute Gasteiger partial charge is 0.338 e. The minimum absolute atomic E-state index is 0.501. The van der Waals surface area contributed by atoms with Gasteiger partial charge in [-0.1, -0.05) is 62.5 Å². The lowest BCUT2D eigenvalue weighted by Crippen LogP contribution is -2.29. The number of likely N-dealkylation sites (tertiary alicyclic amines) is 1. The SMILES string of the molecule is Brc1ccc(-c2nc(-c3cccnc3)no2)cc1.Cc1ccc(-c2noc(CN3CCCCC3)n2)cc1. The summed E-state index contributed by atoms with van der Waals surface area (Å²) in [5.74, 6) is 2.45. The van der Waals surface area contributed by atoms with E-state index in [1.54, 1.807) is 12.4 Å². The predicted molar refractivity (Wildman–Crippen MR) is 144 cm³/mol. The smallest absolute Gasteiger partial charge is 0.258 e. The Bertz CT molecular complexity index is 1390. The first-order valence-electron chi connectivity index (χ1n) is 12.3. The number of aryl methyl sites for hydroxylation is 1. The van der Waals surface area contributed by atoms with Crippen LogP contribution < -0.4 is 0 Å². The zero-order valence-corrected chi connectivity index (χ0v) is 22.1. The van der Waals surface area contributed by atoms with Crippen molar-refractivity contribution < 1.29 is 9.05 Å². The number of hydrogen-bond donors (Lipinski definition) is 0. The van der Waals surface area contributed by atoms with Crippen LogP contribution >= 0.6 is 15.9 Å². The molecule has 0 N–H and O–H groups in total. The van der Waals surface area contributed by atoms with Crippen LogP contribution in [0, 0.1) is 6.92 Å². The molecule has 0 unspecified atom stereocenters. The normalized spacial score (nSPS) is 13.7. The highest BCUT2D eigenvalue weighted by atomic mass is 79.9. The Hall–Kier alpha value is -3.69. The molecule has 37 heavy (non-hydrogen) atoms. The van der Waals surface area contributed by atoms with Crippen LogP contribution in [0.5, 0.6) is 0 Å². The molecule has 0 bridgehead atoms. The number of hydrogen-bond acceptors (Lipinski definition) is 8. The fourth-order valence-electron chi connectivity index (χ4n) is 3.99. The van der Waals surface area contributed by atoms with Crippen LogP contribution in [0.1, 0.15) is 30.7 Å². The molecule has 0 spiro atoms. The van der Waals surface area contributed by atoms with Crippen molar-refractivity contribution >= 4 is 15.9 Å². The molecule has 2 aromatic carbocycles. The molecule has 0 radical (unpaired) electrons. The molecule has 3 aromatic heterocycles. The van der Waals surface area contributed by atoms with Crippen LogP contribution in [0.15, 0.2) is 86.6 Å². The monoisotopic (exact) mass is 558 g/mol.